The minimum absolute atomic E-state index is 0.102. The van der Waals surface area contributed by atoms with Crippen LogP contribution in [-0.2, 0) is 26.0 Å². The number of carbonyl (C=O) groups excluding carboxylic acids is 2. The Bertz CT molecular complexity index is 737. The molecule has 0 fully saturated rings. The maximum absolute atomic E-state index is 12.4. The summed E-state index contributed by atoms with van der Waals surface area (Å²) in [6.45, 7) is 4.67. The molecule has 0 aromatic heterocycles. The summed E-state index contributed by atoms with van der Waals surface area (Å²) in [5.74, 6) is -0.987. The zero-order valence-corrected chi connectivity index (χ0v) is 14.8. The van der Waals surface area contributed by atoms with Crippen molar-refractivity contribution in [2.24, 2.45) is 11.5 Å². The number of ketones is 1. The molecule has 1 amide bonds. The summed E-state index contributed by atoms with van der Waals surface area (Å²) in [5, 5.41) is 0. The number of hydrogen-bond donors (Lipinski definition) is 3. The molecule has 0 spiro atoms. The maximum atomic E-state index is 12.4. The average Bonchev–Trinajstić information content (AvgIpc) is 2.44. The fourth-order valence-corrected chi connectivity index (χ4v) is 3.55. The SMILES string of the molecule is CC(=O)/C=C(/c1ccc(C[C@H](N)C(N)=O)cc1)S(=O)(=O)NC(C)C. The minimum Gasteiger partial charge on any atom is -0.368 e. The first-order valence-electron chi connectivity index (χ1n) is 7.41. The van der Waals surface area contributed by atoms with Crippen LogP contribution in [0.1, 0.15) is 31.9 Å². The maximum Gasteiger partial charge on any atom is 0.241 e. The molecule has 0 saturated carbocycles. The van der Waals surface area contributed by atoms with Crippen molar-refractivity contribution in [1.29, 1.82) is 0 Å². The van der Waals surface area contributed by atoms with Crippen molar-refractivity contribution in [3.8, 4) is 0 Å². The van der Waals surface area contributed by atoms with Crippen LogP contribution in [0, 0.1) is 0 Å². The van der Waals surface area contributed by atoms with Gasteiger partial charge in [0, 0.05) is 12.1 Å². The fourth-order valence-electron chi connectivity index (χ4n) is 2.03. The Labute approximate surface area is 142 Å². The van der Waals surface area contributed by atoms with Gasteiger partial charge in [-0.2, -0.15) is 0 Å². The molecule has 0 saturated heterocycles. The standard InChI is InChI=1S/C16H23N3O4S/c1-10(2)19-24(22,23)15(8-11(3)20)13-6-4-12(5-7-13)9-14(17)16(18)21/h4-8,10,14,19H,9,17H2,1-3H3,(H2,18,21)/b15-8-/t14-/m0/s1. The van der Waals surface area contributed by atoms with Crippen LogP contribution >= 0.6 is 0 Å². The smallest absolute Gasteiger partial charge is 0.241 e. The monoisotopic (exact) mass is 353 g/mol. The van der Waals surface area contributed by atoms with Crippen LogP contribution in [0.25, 0.3) is 4.91 Å². The summed E-state index contributed by atoms with van der Waals surface area (Å²) in [5.41, 5.74) is 11.8. The lowest BCUT2D eigenvalue weighted by molar-refractivity contribution is -0.119. The van der Waals surface area contributed by atoms with E-state index >= 15 is 0 Å². The molecule has 0 aliphatic carbocycles. The number of rotatable bonds is 8. The van der Waals surface area contributed by atoms with Crippen LogP contribution in [-0.4, -0.2) is 32.2 Å². The van der Waals surface area contributed by atoms with Gasteiger partial charge in [0.15, 0.2) is 5.78 Å². The lowest BCUT2D eigenvalue weighted by Crippen LogP contribution is -2.38. The van der Waals surface area contributed by atoms with Crippen LogP contribution < -0.4 is 16.2 Å². The van der Waals surface area contributed by atoms with Gasteiger partial charge in [0.2, 0.25) is 15.9 Å². The molecule has 1 aromatic rings. The first-order valence-corrected chi connectivity index (χ1v) is 8.90. The lowest BCUT2D eigenvalue weighted by atomic mass is 10.0. The highest BCUT2D eigenvalue weighted by Crippen LogP contribution is 2.21. The quantitative estimate of drug-likeness (QED) is 0.578. The molecule has 1 rings (SSSR count). The lowest BCUT2D eigenvalue weighted by Gasteiger charge is -2.14. The Morgan fingerprint density at radius 2 is 1.75 bits per heavy atom. The van der Waals surface area contributed by atoms with Crippen molar-refractivity contribution in [3.05, 3.63) is 41.5 Å². The number of allylic oxidation sites excluding steroid dienone is 1. The molecule has 5 N–H and O–H groups in total. The fraction of sp³-hybridized carbons (Fsp3) is 0.375. The van der Waals surface area contributed by atoms with E-state index in [4.69, 9.17) is 11.5 Å². The largest absolute Gasteiger partial charge is 0.368 e. The Balaban J connectivity index is 3.18. The topological polar surface area (TPSA) is 132 Å². The number of sulfonamides is 1. The Morgan fingerprint density at radius 1 is 1.21 bits per heavy atom. The van der Waals surface area contributed by atoms with Gasteiger partial charge in [-0.3, -0.25) is 9.59 Å². The molecule has 1 aromatic carbocycles. The molecule has 0 aliphatic heterocycles. The Kier molecular flexibility index (Phi) is 6.82. The molecule has 132 valence electrons. The predicted octanol–water partition coefficient (Wildman–Crippen LogP) is 0.299. The molecule has 24 heavy (non-hydrogen) atoms. The van der Waals surface area contributed by atoms with E-state index in [2.05, 4.69) is 4.72 Å². The molecule has 0 bridgehead atoms. The Morgan fingerprint density at radius 3 is 2.17 bits per heavy atom. The number of nitrogens with one attached hydrogen (secondary N) is 1. The van der Waals surface area contributed by atoms with Crippen molar-refractivity contribution < 1.29 is 18.0 Å². The van der Waals surface area contributed by atoms with E-state index in [9.17, 15) is 18.0 Å². The third-order valence-corrected chi connectivity index (χ3v) is 4.79. The molecule has 0 aliphatic rings. The zero-order valence-electron chi connectivity index (χ0n) is 13.9. The van der Waals surface area contributed by atoms with Gasteiger partial charge in [-0.25, -0.2) is 13.1 Å². The van der Waals surface area contributed by atoms with Crippen molar-refractivity contribution in [1.82, 2.24) is 4.72 Å². The van der Waals surface area contributed by atoms with Gasteiger partial charge >= 0.3 is 0 Å². The zero-order chi connectivity index (χ0) is 18.5. The van der Waals surface area contributed by atoms with Gasteiger partial charge in [-0.1, -0.05) is 24.3 Å². The molecule has 7 nitrogen and oxygen atoms in total. The first-order chi connectivity index (χ1) is 11.0. The highest BCUT2D eigenvalue weighted by molar-refractivity contribution is 7.98. The number of amides is 1. The number of nitrogens with two attached hydrogens (primary N) is 2. The second kappa shape index (κ2) is 8.18. The van der Waals surface area contributed by atoms with Gasteiger partial charge in [0.05, 0.1) is 10.9 Å². The second-order valence-electron chi connectivity index (χ2n) is 5.81. The third kappa shape index (κ3) is 5.88. The summed E-state index contributed by atoms with van der Waals surface area (Å²) in [6.07, 6.45) is 1.33. The van der Waals surface area contributed by atoms with E-state index in [1.54, 1.807) is 38.1 Å². The average molecular weight is 353 g/mol. The Hall–Kier alpha value is -2.03. The summed E-state index contributed by atoms with van der Waals surface area (Å²) in [7, 11) is -3.83. The van der Waals surface area contributed by atoms with Gasteiger partial charge in [-0.05, 0) is 38.3 Å². The van der Waals surface area contributed by atoms with E-state index in [-0.39, 0.29) is 23.2 Å². The number of carbonyl (C=O) groups is 2. The number of hydrogen-bond acceptors (Lipinski definition) is 5. The molecular weight excluding hydrogens is 330 g/mol. The molecular formula is C16H23N3O4S. The molecule has 1 atom stereocenters. The van der Waals surface area contributed by atoms with E-state index in [1.165, 1.54) is 6.92 Å². The van der Waals surface area contributed by atoms with E-state index < -0.39 is 22.0 Å². The molecule has 0 heterocycles. The summed E-state index contributed by atoms with van der Waals surface area (Å²) < 4.78 is 27.3. The molecule has 8 heteroatoms. The van der Waals surface area contributed by atoms with Crippen LogP contribution in [0.2, 0.25) is 0 Å². The predicted molar refractivity (Wildman–Crippen MR) is 93.2 cm³/mol. The van der Waals surface area contributed by atoms with Gasteiger partial charge in [0.1, 0.15) is 0 Å². The van der Waals surface area contributed by atoms with Crippen molar-refractivity contribution in [2.45, 2.75) is 39.3 Å². The third-order valence-electron chi connectivity index (χ3n) is 3.07. The van der Waals surface area contributed by atoms with Crippen molar-refractivity contribution >= 4 is 26.6 Å². The highest BCUT2D eigenvalue weighted by atomic mass is 32.2. The van der Waals surface area contributed by atoms with Crippen molar-refractivity contribution in [2.75, 3.05) is 0 Å². The van der Waals surface area contributed by atoms with Crippen LogP contribution in [0.5, 0.6) is 0 Å². The normalized spacial score (nSPS) is 13.8. The summed E-state index contributed by atoms with van der Waals surface area (Å²) in [4.78, 5) is 22.3. The van der Waals surface area contributed by atoms with Crippen LogP contribution in [0.3, 0.4) is 0 Å². The van der Waals surface area contributed by atoms with Gasteiger partial charge in [-0.15, -0.1) is 0 Å². The van der Waals surface area contributed by atoms with Crippen LogP contribution in [0.4, 0.5) is 0 Å². The van der Waals surface area contributed by atoms with Crippen molar-refractivity contribution in [3.63, 3.8) is 0 Å². The molecule has 0 unspecified atom stereocenters. The summed E-state index contributed by atoms with van der Waals surface area (Å²) in [6, 6.07) is 5.32. The minimum atomic E-state index is -3.83. The van der Waals surface area contributed by atoms with Gasteiger partial charge in [0.25, 0.3) is 0 Å². The van der Waals surface area contributed by atoms with Crippen LogP contribution in [0.15, 0.2) is 30.3 Å². The highest BCUT2D eigenvalue weighted by Gasteiger charge is 2.21. The summed E-state index contributed by atoms with van der Waals surface area (Å²) >= 11 is 0. The number of benzene rings is 1. The van der Waals surface area contributed by atoms with Gasteiger partial charge < -0.3 is 11.5 Å². The van der Waals surface area contributed by atoms with E-state index in [0.29, 0.717) is 5.56 Å². The van der Waals surface area contributed by atoms with E-state index in [1.807, 2.05) is 0 Å². The second-order valence-corrected chi connectivity index (χ2v) is 7.49. The van der Waals surface area contributed by atoms with E-state index in [0.717, 1.165) is 11.6 Å². The first kappa shape index (κ1) is 20.0. The molecule has 0 radical (unpaired) electrons. The number of primary amides is 1.